The fourth-order valence-corrected chi connectivity index (χ4v) is 2.68. The zero-order valence-corrected chi connectivity index (χ0v) is 12.0. The minimum atomic E-state index is -0.609. The second kappa shape index (κ2) is 5.75. The number of aryl methyl sites for hydroxylation is 1. The molecule has 1 aromatic heterocycles. The van der Waals surface area contributed by atoms with E-state index in [0.717, 1.165) is 16.3 Å². The van der Waals surface area contributed by atoms with E-state index in [0.29, 0.717) is 11.0 Å². The van der Waals surface area contributed by atoms with Gasteiger partial charge in [0.15, 0.2) is 0 Å². The monoisotopic (exact) mass is 332 g/mol. The van der Waals surface area contributed by atoms with Gasteiger partial charge in [-0.25, -0.2) is 13.8 Å². The van der Waals surface area contributed by atoms with Crippen molar-refractivity contribution >= 4 is 33.0 Å². The minimum absolute atomic E-state index is 0.107. The Balaban J connectivity index is 2.10. The van der Waals surface area contributed by atoms with Gasteiger partial charge in [-0.2, -0.15) is 0 Å². The smallest absolute Gasteiger partial charge is 0.150 e. The van der Waals surface area contributed by atoms with Gasteiger partial charge in [0, 0.05) is 15.5 Å². The van der Waals surface area contributed by atoms with Crippen LogP contribution in [-0.2, 0) is 13.0 Å². The molecule has 1 aromatic carbocycles. The molecular weight excluding hydrogens is 322 g/mol. The third kappa shape index (κ3) is 3.05. The average Bonchev–Trinajstić information content (AvgIpc) is 2.75. The van der Waals surface area contributed by atoms with Crippen molar-refractivity contribution in [3.63, 3.8) is 0 Å². The van der Waals surface area contributed by atoms with Crippen LogP contribution in [0.1, 0.15) is 16.8 Å². The number of rotatable bonds is 4. The van der Waals surface area contributed by atoms with Crippen molar-refractivity contribution in [2.24, 2.45) is 0 Å². The molecule has 2 aromatic rings. The van der Waals surface area contributed by atoms with Crippen molar-refractivity contribution in [1.82, 2.24) is 4.98 Å². The van der Waals surface area contributed by atoms with Gasteiger partial charge >= 0.3 is 0 Å². The second-order valence-electron chi connectivity index (χ2n) is 3.67. The van der Waals surface area contributed by atoms with Crippen LogP contribution in [0.25, 0.3) is 0 Å². The quantitative estimate of drug-likeness (QED) is 0.899. The Morgan fingerprint density at radius 3 is 2.56 bits per heavy atom. The van der Waals surface area contributed by atoms with Crippen LogP contribution in [0.5, 0.6) is 0 Å². The number of hydrogen-bond donors (Lipinski definition) is 1. The van der Waals surface area contributed by atoms with Crippen molar-refractivity contribution in [1.29, 1.82) is 0 Å². The van der Waals surface area contributed by atoms with Crippen molar-refractivity contribution in [2.75, 3.05) is 5.32 Å². The molecule has 0 aliphatic carbocycles. The summed E-state index contributed by atoms with van der Waals surface area (Å²) in [5.74, 6) is -1.22. The molecule has 2 nitrogen and oxygen atoms in total. The molecule has 0 saturated carbocycles. The molecular formula is C12H11BrF2N2S. The molecule has 0 saturated heterocycles. The van der Waals surface area contributed by atoms with Gasteiger partial charge in [-0.1, -0.05) is 22.9 Å². The number of anilines is 1. The molecule has 0 amide bonds. The van der Waals surface area contributed by atoms with Crippen molar-refractivity contribution < 1.29 is 8.78 Å². The highest BCUT2D eigenvalue weighted by atomic mass is 79.9. The van der Waals surface area contributed by atoms with Crippen molar-refractivity contribution in [2.45, 2.75) is 19.9 Å². The minimum Gasteiger partial charge on any atom is -0.375 e. The molecule has 6 heteroatoms. The van der Waals surface area contributed by atoms with Gasteiger partial charge in [0.1, 0.15) is 17.3 Å². The van der Waals surface area contributed by atoms with Crippen LogP contribution < -0.4 is 5.32 Å². The van der Waals surface area contributed by atoms with Crippen molar-refractivity contribution in [3.8, 4) is 0 Å². The summed E-state index contributed by atoms with van der Waals surface area (Å²) in [4.78, 5) is 5.14. The van der Waals surface area contributed by atoms with Gasteiger partial charge in [-0.05, 0) is 18.6 Å². The van der Waals surface area contributed by atoms with E-state index in [1.807, 2.05) is 6.92 Å². The van der Waals surface area contributed by atoms with Crippen LogP contribution in [0.2, 0.25) is 0 Å². The van der Waals surface area contributed by atoms with Crippen LogP contribution >= 0.6 is 27.3 Å². The lowest BCUT2D eigenvalue weighted by Gasteiger charge is -2.07. The van der Waals surface area contributed by atoms with Crippen LogP contribution in [0.3, 0.4) is 0 Å². The Morgan fingerprint density at radius 1 is 1.33 bits per heavy atom. The van der Waals surface area contributed by atoms with Crippen LogP contribution in [-0.4, -0.2) is 4.98 Å². The molecule has 2 rings (SSSR count). The number of benzene rings is 1. The lowest BCUT2D eigenvalue weighted by molar-refractivity contribution is 0.586. The number of nitrogens with zero attached hydrogens (tertiary/aromatic N) is 1. The first-order chi connectivity index (χ1) is 8.60. The zero-order valence-electron chi connectivity index (χ0n) is 9.64. The van der Waals surface area contributed by atoms with Gasteiger partial charge in [-0.15, -0.1) is 11.3 Å². The third-order valence-corrected chi connectivity index (χ3v) is 3.95. The average molecular weight is 333 g/mol. The number of halogens is 3. The maximum Gasteiger partial charge on any atom is 0.150 e. The molecule has 0 radical (unpaired) electrons. The molecule has 1 heterocycles. The number of aromatic nitrogens is 1. The summed E-state index contributed by atoms with van der Waals surface area (Å²) in [6.07, 6.45) is 2.59. The van der Waals surface area contributed by atoms with E-state index in [1.165, 1.54) is 23.5 Å². The summed E-state index contributed by atoms with van der Waals surface area (Å²) in [5.41, 5.74) is -0.107. The zero-order chi connectivity index (χ0) is 13.1. The van der Waals surface area contributed by atoms with E-state index in [1.54, 1.807) is 6.20 Å². The molecule has 0 spiro atoms. The fraction of sp³-hybridized carbons (Fsp3) is 0.250. The van der Waals surface area contributed by atoms with E-state index >= 15 is 0 Å². The molecule has 0 atom stereocenters. The summed E-state index contributed by atoms with van der Waals surface area (Å²) in [6, 6.07) is 2.46. The summed E-state index contributed by atoms with van der Waals surface area (Å²) < 4.78 is 27.5. The maximum absolute atomic E-state index is 13.5. The Morgan fingerprint density at radius 2 is 2.00 bits per heavy atom. The first-order valence-electron chi connectivity index (χ1n) is 5.42. The van der Waals surface area contributed by atoms with Crippen LogP contribution in [0.4, 0.5) is 14.5 Å². The molecule has 0 unspecified atom stereocenters. The van der Waals surface area contributed by atoms with Gasteiger partial charge in [0.05, 0.1) is 11.6 Å². The second-order valence-corrected chi connectivity index (χ2v) is 5.79. The summed E-state index contributed by atoms with van der Waals surface area (Å²) in [6.45, 7) is 2.39. The molecule has 18 heavy (non-hydrogen) atoms. The molecule has 0 bridgehead atoms. The van der Waals surface area contributed by atoms with Gasteiger partial charge in [0.25, 0.3) is 0 Å². The van der Waals surface area contributed by atoms with Crippen LogP contribution in [0, 0.1) is 11.6 Å². The Kier molecular flexibility index (Phi) is 4.29. The Hall–Kier alpha value is -1.01. The van der Waals surface area contributed by atoms with E-state index in [-0.39, 0.29) is 5.69 Å². The van der Waals surface area contributed by atoms with Crippen LogP contribution in [0.15, 0.2) is 22.8 Å². The lowest BCUT2D eigenvalue weighted by Crippen LogP contribution is -2.02. The fourth-order valence-electron chi connectivity index (χ4n) is 1.48. The number of thiazole rings is 1. The molecule has 0 aliphatic rings. The molecule has 0 aliphatic heterocycles. The summed E-state index contributed by atoms with van der Waals surface area (Å²) in [7, 11) is 0. The van der Waals surface area contributed by atoms with E-state index < -0.39 is 11.6 Å². The predicted molar refractivity (Wildman–Crippen MR) is 72.9 cm³/mol. The Labute approximate surface area is 116 Å². The predicted octanol–water partition coefficient (Wildman–Crippen LogP) is 4.36. The normalized spacial score (nSPS) is 10.7. The van der Waals surface area contributed by atoms with Crippen molar-refractivity contribution in [3.05, 3.63) is 44.3 Å². The van der Waals surface area contributed by atoms with E-state index in [4.69, 9.17) is 0 Å². The highest BCUT2D eigenvalue weighted by Gasteiger charge is 2.10. The lowest BCUT2D eigenvalue weighted by atomic mass is 10.3. The Bertz CT molecular complexity index is 534. The molecule has 96 valence electrons. The van der Waals surface area contributed by atoms with Gasteiger partial charge in [-0.3, -0.25) is 0 Å². The van der Waals surface area contributed by atoms with Gasteiger partial charge in [0.2, 0.25) is 0 Å². The van der Waals surface area contributed by atoms with Gasteiger partial charge < -0.3 is 5.32 Å². The van der Waals surface area contributed by atoms with E-state index in [2.05, 4.69) is 26.2 Å². The molecule has 1 N–H and O–H groups in total. The largest absolute Gasteiger partial charge is 0.375 e. The summed E-state index contributed by atoms with van der Waals surface area (Å²) in [5, 5.41) is 3.78. The summed E-state index contributed by atoms with van der Waals surface area (Å²) >= 11 is 4.58. The number of nitrogens with one attached hydrogen (secondary N) is 1. The topological polar surface area (TPSA) is 24.9 Å². The highest BCUT2D eigenvalue weighted by molar-refractivity contribution is 9.10. The highest BCUT2D eigenvalue weighted by Crippen LogP contribution is 2.25. The third-order valence-electron chi connectivity index (χ3n) is 2.35. The maximum atomic E-state index is 13.5. The standard InChI is InChI=1S/C12H11BrF2N2S/c1-2-11-16-5-8(18-11)6-17-12-9(14)3-7(13)4-10(12)15/h3-5,17H,2,6H2,1H3. The van der Waals surface area contributed by atoms with E-state index in [9.17, 15) is 8.78 Å². The molecule has 0 fully saturated rings. The SMILES string of the molecule is CCc1ncc(CNc2c(F)cc(Br)cc2F)s1. The number of hydrogen-bond acceptors (Lipinski definition) is 3. The first-order valence-corrected chi connectivity index (χ1v) is 7.03. The first kappa shape index (κ1) is 13.4.